The number of phenolic OH excluding ortho intramolecular Hbond substituents is 4. The van der Waals surface area contributed by atoms with Crippen molar-refractivity contribution in [2.75, 3.05) is 0 Å². The first-order valence-corrected chi connectivity index (χ1v) is 6.65. The molecule has 0 saturated heterocycles. The van der Waals surface area contributed by atoms with E-state index in [-0.39, 0.29) is 39.5 Å². The zero-order valence-electron chi connectivity index (χ0n) is 11.3. The molecule has 0 radical (unpaired) electrons. The zero-order valence-corrected chi connectivity index (χ0v) is 12.2. The van der Waals surface area contributed by atoms with Gasteiger partial charge in [-0.25, -0.2) is 0 Å². The molecule has 4 N–H and O–H groups in total. The quantitative estimate of drug-likeness (QED) is 0.277. The molecule has 1 aromatic heterocycles. The minimum atomic E-state index is -0.707. The summed E-state index contributed by atoms with van der Waals surface area (Å²) in [6.07, 6.45) is 0. The first-order chi connectivity index (χ1) is 10.9. The summed E-state index contributed by atoms with van der Waals surface area (Å²) in [7, 11) is 0. The van der Waals surface area contributed by atoms with Gasteiger partial charge in [0.2, 0.25) is 11.2 Å². The largest absolute Gasteiger partial charge is 0.508 e. The Hall–Kier alpha value is -3.00. The molecule has 8 heteroatoms. The van der Waals surface area contributed by atoms with E-state index in [0.717, 1.165) is 12.1 Å². The molecule has 0 atom stereocenters. The Balaban J connectivity index is 2.40. The zero-order chi connectivity index (χ0) is 16.7. The Morgan fingerprint density at radius 3 is 2.35 bits per heavy atom. The van der Waals surface area contributed by atoms with Gasteiger partial charge in [-0.3, -0.25) is 4.79 Å². The van der Waals surface area contributed by atoms with Gasteiger partial charge in [-0.2, -0.15) is 0 Å². The van der Waals surface area contributed by atoms with Gasteiger partial charge in [0.05, 0.1) is 0 Å². The van der Waals surface area contributed by atoms with Gasteiger partial charge in [-0.05, 0) is 18.2 Å². The number of aromatic hydroxyl groups is 4. The number of hydrogen-bond donors (Lipinski definition) is 5. The van der Waals surface area contributed by atoms with E-state index in [1.54, 1.807) is 0 Å². The van der Waals surface area contributed by atoms with Crippen LogP contribution in [0.1, 0.15) is 0 Å². The maximum absolute atomic E-state index is 12.5. The Labute approximate surface area is 134 Å². The van der Waals surface area contributed by atoms with Crippen molar-refractivity contribution >= 4 is 23.9 Å². The predicted molar refractivity (Wildman–Crippen MR) is 84.2 cm³/mol. The second-order valence-corrected chi connectivity index (χ2v) is 4.90. The fourth-order valence-corrected chi connectivity index (χ4v) is 2.37. The van der Waals surface area contributed by atoms with Crippen molar-refractivity contribution < 1.29 is 29.0 Å². The van der Waals surface area contributed by atoms with Gasteiger partial charge >= 0.3 is 0 Å². The second-order valence-electron chi connectivity index (χ2n) is 4.72. The number of thiol groups is 1. The average molecular weight is 334 g/mol. The van der Waals surface area contributed by atoms with Gasteiger partial charge in [0, 0.05) is 30.6 Å². The van der Waals surface area contributed by atoms with Crippen LogP contribution in [0.3, 0.4) is 0 Å². The lowest BCUT2D eigenvalue weighted by Gasteiger charge is -2.10. The van der Waals surface area contributed by atoms with Crippen molar-refractivity contribution in [2.24, 2.45) is 0 Å². The van der Waals surface area contributed by atoms with Crippen LogP contribution in [0.5, 0.6) is 28.7 Å². The number of hydrogen-bond acceptors (Lipinski definition) is 8. The van der Waals surface area contributed by atoms with Gasteiger partial charge in [0.1, 0.15) is 22.5 Å². The van der Waals surface area contributed by atoms with Gasteiger partial charge in [0.15, 0.2) is 17.3 Å². The van der Waals surface area contributed by atoms with E-state index in [9.17, 15) is 25.2 Å². The first kappa shape index (κ1) is 14.9. The van der Waals surface area contributed by atoms with E-state index in [1.807, 2.05) is 0 Å². The summed E-state index contributed by atoms with van der Waals surface area (Å²) in [5.41, 5.74) is -0.559. The molecule has 2 aromatic carbocycles. The summed E-state index contributed by atoms with van der Waals surface area (Å²) >= 11 is 3.62. The third-order valence-electron chi connectivity index (χ3n) is 3.25. The highest BCUT2D eigenvalue weighted by atomic mass is 32.1. The molecule has 3 rings (SSSR count). The highest BCUT2D eigenvalue weighted by Gasteiger charge is 2.21. The molecule has 0 spiro atoms. The third kappa shape index (κ3) is 2.38. The Morgan fingerprint density at radius 1 is 0.957 bits per heavy atom. The first-order valence-electron chi connectivity index (χ1n) is 6.29. The molecule has 0 fully saturated rings. The molecule has 0 aliphatic heterocycles. The van der Waals surface area contributed by atoms with Crippen LogP contribution >= 0.6 is 12.9 Å². The molecule has 23 heavy (non-hydrogen) atoms. The highest BCUT2D eigenvalue weighted by molar-refractivity contribution is 7.75. The minimum Gasteiger partial charge on any atom is -0.508 e. The van der Waals surface area contributed by atoms with Crippen LogP contribution in [0.15, 0.2) is 39.5 Å². The number of rotatable bonds is 2. The van der Waals surface area contributed by atoms with Crippen LogP contribution in [0.25, 0.3) is 22.3 Å². The standard InChI is InChI=1S/C15H10O7S/c16-7-4-10(19)12-11(5-7)21-14(15(22-23)13(12)20)6-1-2-8(17)9(18)3-6/h1-5,16-19,23H. The van der Waals surface area contributed by atoms with Gasteiger partial charge in [-0.1, -0.05) is 0 Å². The Bertz CT molecular complexity index is 978. The Kier molecular flexibility index (Phi) is 3.45. The van der Waals surface area contributed by atoms with E-state index < -0.39 is 16.9 Å². The molecule has 0 saturated carbocycles. The van der Waals surface area contributed by atoms with Crippen LogP contribution < -0.4 is 9.61 Å². The minimum absolute atomic E-state index is 0.0794. The summed E-state index contributed by atoms with van der Waals surface area (Å²) in [6, 6.07) is 5.91. The lowest BCUT2D eigenvalue weighted by atomic mass is 10.1. The normalized spacial score (nSPS) is 10.8. The van der Waals surface area contributed by atoms with Crippen LogP contribution in [-0.2, 0) is 0 Å². The van der Waals surface area contributed by atoms with Gasteiger partial charge in [-0.15, -0.1) is 0 Å². The van der Waals surface area contributed by atoms with Crippen molar-refractivity contribution in [1.29, 1.82) is 0 Å². The van der Waals surface area contributed by atoms with Crippen molar-refractivity contribution in [3.8, 4) is 40.1 Å². The lowest BCUT2D eigenvalue weighted by Crippen LogP contribution is -2.06. The number of phenols is 4. The van der Waals surface area contributed by atoms with E-state index in [4.69, 9.17) is 8.60 Å². The maximum Gasteiger partial charge on any atom is 0.240 e. The van der Waals surface area contributed by atoms with Crippen molar-refractivity contribution in [2.45, 2.75) is 0 Å². The summed E-state index contributed by atoms with van der Waals surface area (Å²) in [5.74, 6) is -1.93. The van der Waals surface area contributed by atoms with Crippen molar-refractivity contribution in [3.05, 3.63) is 40.6 Å². The van der Waals surface area contributed by atoms with Crippen LogP contribution in [0.2, 0.25) is 0 Å². The van der Waals surface area contributed by atoms with E-state index in [2.05, 4.69) is 12.9 Å². The van der Waals surface area contributed by atoms with Gasteiger partial charge in [0.25, 0.3) is 0 Å². The number of fused-ring (bicyclic) bond motifs is 1. The number of benzene rings is 2. The molecule has 1 heterocycles. The SMILES string of the molecule is O=c1c(OS)c(-c2ccc(O)c(O)c2)oc2cc(O)cc(O)c12. The van der Waals surface area contributed by atoms with E-state index in [0.29, 0.717) is 0 Å². The lowest BCUT2D eigenvalue weighted by molar-refractivity contribution is 0.403. The Morgan fingerprint density at radius 2 is 1.70 bits per heavy atom. The molecule has 0 bridgehead atoms. The van der Waals surface area contributed by atoms with Crippen LogP contribution in [-0.4, -0.2) is 20.4 Å². The average Bonchev–Trinajstić information content (AvgIpc) is 2.49. The summed E-state index contributed by atoms with van der Waals surface area (Å²) in [4.78, 5) is 12.5. The van der Waals surface area contributed by atoms with Crippen LogP contribution in [0.4, 0.5) is 0 Å². The topological polar surface area (TPSA) is 120 Å². The predicted octanol–water partition coefficient (Wildman–Crippen LogP) is 2.51. The molecule has 118 valence electrons. The fourth-order valence-electron chi connectivity index (χ4n) is 2.21. The highest BCUT2D eigenvalue weighted by Crippen LogP contribution is 2.38. The van der Waals surface area contributed by atoms with Crippen LogP contribution in [0, 0.1) is 0 Å². The molecule has 0 aliphatic rings. The fraction of sp³-hybridized carbons (Fsp3) is 0. The molecule has 3 aromatic rings. The summed E-state index contributed by atoms with van der Waals surface area (Å²) < 4.78 is 10.3. The smallest absolute Gasteiger partial charge is 0.240 e. The monoisotopic (exact) mass is 334 g/mol. The van der Waals surface area contributed by atoms with Crippen molar-refractivity contribution in [1.82, 2.24) is 0 Å². The van der Waals surface area contributed by atoms with E-state index >= 15 is 0 Å². The summed E-state index contributed by atoms with van der Waals surface area (Å²) in [6.45, 7) is 0. The molecule has 7 nitrogen and oxygen atoms in total. The van der Waals surface area contributed by atoms with E-state index in [1.165, 1.54) is 18.2 Å². The van der Waals surface area contributed by atoms with Crippen molar-refractivity contribution in [3.63, 3.8) is 0 Å². The molecular weight excluding hydrogens is 324 g/mol. The molecule has 0 amide bonds. The maximum atomic E-state index is 12.5. The van der Waals surface area contributed by atoms with Gasteiger partial charge < -0.3 is 29.0 Å². The molecule has 0 unspecified atom stereocenters. The summed E-state index contributed by atoms with van der Waals surface area (Å²) in [5, 5.41) is 38.1. The second kappa shape index (κ2) is 5.33. The molecule has 0 aliphatic carbocycles. The third-order valence-corrected chi connectivity index (χ3v) is 3.43. The molecular formula is C15H10O7S.